The quantitative estimate of drug-likeness (QED) is 0.661. The third-order valence-corrected chi connectivity index (χ3v) is 2.06. The Morgan fingerprint density at radius 2 is 1.92 bits per heavy atom. The van der Waals surface area contributed by atoms with E-state index in [1.807, 2.05) is 7.05 Å². The highest BCUT2D eigenvalue weighted by Gasteiger charge is 1.96. The third kappa shape index (κ3) is 7.85. The van der Waals surface area contributed by atoms with Crippen LogP contribution in [0.5, 0.6) is 0 Å². The lowest BCUT2D eigenvalue weighted by molar-refractivity contribution is 0.586. The molecule has 0 bridgehead atoms. The van der Waals surface area contributed by atoms with Crippen LogP contribution in [-0.4, -0.2) is 19.6 Å². The van der Waals surface area contributed by atoms with Gasteiger partial charge in [-0.25, -0.2) is 0 Å². The topological polar surface area (TPSA) is 24.1 Å². The first-order valence-electron chi connectivity index (χ1n) is 5.14. The van der Waals surface area contributed by atoms with Gasteiger partial charge in [0.2, 0.25) is 0 Å². The van der Waals surface area contributed by atoms with Crippen LogP contribution >= 0.6 is 0 Å². The minimum absolute atomic E-state index is 0.566. The molecule has 78 valence electrons. The summed E-state index contributed by atoms with van der Waals surface area (Å²) in [6.45, 7) is 9.82. The fourth-order valence-electron chi connectivity index (χ4n) is 0.909. The second-order valence-electron chi connectivity index (χ2n) is 4.09. The molecule has 13 heavy (non-hydrogen) atoms. The molecular formula is C11H24N2. The standard InChI is InChI=1S/C11H24N2/c1-9(2)8-13-11(4)7-6-10(3)12-5/h7,9-10,12-13H,6,8H2,1-5H3/b11-7+/t10-/m0/s1. The molecule has 0 heterocycles. The lowest BCUT2D eigenvalue weighted by Crippen LogP contribution is -2.21. The highest BCUT2D eigenvalue weighted by Crippen LogP contribution is 1.97. The van der Waals surface area contributed by atoms with E-state index in [9.17, 15) is 0 Å². The second-order valence-corrected chi connectivity index (χ2v) is 4.09. The molecule has 0 fully saturated rings. The van der Waals surface area contributed by atoms with E-state index in [1.165, 1.54) is 5.70 Å². The summed E-state index contributed by atoms with van der Waals surface area (Å²) in [4.78, 5) is 0. The van der Waals surface area contributed by atoms with E-state index in [-0.39, 0.29) is 0 Å². The minimum Gasteiger partial charge on any atom is -0.389 e. The molecule has 0 aliphatic heterocycles. The molecular weight excluding hydrogens is 160 g/mol. The zero-order valence-corrected chi connectivity index (χ0v) is 9.65. The Morgan fingerprint density at radius 1 is 1.31 bits per heavy atom. The maximum absolute atomic E-state index is 3.39. The van der Waals surface area contributed by atoms with Crippen LogP contribution in [-0.2, 0) is 0 Å². The maximum atomic E-state index is 3.39. The smallest absolute Gasteiger partial charge is 0.0166 e. The monoisotopic (exact) mass is 184 g/mol. The fourth-order valence-corrected chi connectivity index (χ4v) is 0.909. The van der Waals surface area contributed by atoms with E-state index in [4.69, 9.17) is 0 Å². The summed E-state index contributed by atoms with van der Waals surface area (Å²) in [6, 6.07) is 0.566. The van der Waals surface area contributed by atoms with E-state index in [2.05, 4.69) is 44.4 Å². The number of hydrogen-bond donors (Lipinski definition) is 2. The molecule has 1 atom stereocenters. The lowest BCUT2D eigenvalue weighted by Gasteiger charge is -2.11. The van der Waals surface area contributed by atoms with Crippen molar-refractivity contribution in [2.45, 2.75) is 40.2 Å². The zero-order valence-electron chi connectivity index (χ0n) is 9.65. The molecule has 0 aromatic rings. The molecule has 0 rings (SSSR count). The molecule has 0 aromatic carbocycles. The molecule has 2 heteroatoms. The van der Waals surface area contributed by atoms with Crippen LogP contribution in [0.3, 0.4) is 0 Å². The Hall–Kier alpha value is -0.500. The summed E-state index contributed by atoms with van der Waals surface area (Å²) >= 11 is 0. The van der Waals surface area contributed by atoms with Gasteiger partial charge < -0.3 is 10.6 Å². The van der Waals surface area contributed by atoms with Crippen LogP contribution in [0.25, 0.3) is 0 Å². The van der Waals surface area contributed by atoms with Crippen molar-refractivity contribution in [3.05, 3.63) is 11.8 Å². The van der Waals surface area contributed by atoms with Gasteiger partial charge >= 0.3 is 0 Å². The van der Waals surface area contributed by atoms with E-state index >= 15 is 0 Å². The number of allylic oxidation sites excluding steroid dienone is 1. The van der Waals surface area contributed by atoms with Crippen LogP contribution in [0, 0.1) is 5.92 Å². The summed E-state index contributed by atoms with van der Waals surface area (Å²) in [5.41, 5.74) is 1.29. The predicted octanol–water partition coefficient (Wildman–Crippen LogP) is 2.13. The Labute approximate surface area is 82.8 Å². The van der Waals surface area contributed by atoms with E-state index < -0.39 is 0 Å². The Balaban J connectivity index is 3.62. The summed E-state index contributed by atoms with van der Waals surface area (Å²) < 4.78 is 0. The number of rotatable bonds is 6. The highest BCUT2D eigenvalue weighted by molar-refractivity contribution is 4.96. The van der Waals surface area contributed by atoms with Crippen molar-refractivity contribution in [2.75, 3.05) is 13.6 Å². The van der Waals surface area contributed by atoms with Gasteiger partial charge in [-0.3, -0.25) is 0 Å². The first-order chi connectivity index (χ1) is 6.06. The molecule has 2 nitrogen and oxygen atoms in total. The first-order valence-corrected chi connectivity index (χ1v) is 5.14. The van der Waals surface area contributed by atoms with Crippen molar-refractivity contribution in [3.63, 3.8) is 0 Å². The lowest BCUT2D eigenvalue weighted by atomic mass is 10.2. The third-order valence-electron chi connectivity index (χ3n) is 2.06. The zero-order chi connectivity index (χ0) is 10.3. The van der Waals surface area contributed by atoms with Gasteiger partial charge in [-0.1, -0.05) is 19.9 Å². The van der Waals surface area contributed by atoms with Gasteiger partial charge in [-0.2, -0.15) is 0 Å². The SMILES string of the molecule is CN[C@@H](C)C/C=C(\C)NCC(C)C. The van der Waals surface area contributed by atoms with E-state index in [0.717, 1.165) is 13.0 Å². The molecule has 0 aliphatic rings. The minimum atomic E-state index is 0.566. The fraction of sp³-hybridized carbons (Fsp3) is 0.818. The van der Waals surface area contributed by atoms with Gasteiger partial charge in [-0.05, 0) is 33.2 Å². The average Bonchev–Trinajstić information content (AvgIpc) is 2.10. The van der Waals surface area contributed by atoms with E-state index in [0.29, 0.717) is 12.0 Å². The molecule has 0 radical (unpaired) electrons. The number of nitrogens with one attached hydrogen (secondary N) is 2. The maximum Gasteiger partial charge on any atom is 0.0166 e. The van der Waals surface area contributed by atoms with Crippen LogP contribution in [0.1, 0.15) is 34.1 Å². The molecule has 0 unspecified atom stereocenters. The summed E-state index contributed by atoms with van der Waals surface area (Å²) in [6.07, 6.45) is 3.34. The van der Waals surface area contributed by atoms with Crippen LogP contribution in [0.15, 0.2) is 11.8 Å². The van der Waals surface area contributed by atoms with Gasteiger partial charge in [-0.15, -0.1) is 0 Å². The highest BCUT2D eigenvalue weighted by atomic mass is 14.9. The Morgan fingerprint density at radius 3 is 2.38 bits per heavy atom. The molecule has 0 saturated heterocycles. The molecule has 0 spiro atoms. The van der Waals surface area contributed by atoms with Crippen LogP contribution in [0.2, 0.25) is 0 Å². The van der Waals surface area contributed by atoms with Crippen molar-refractivity contribution < 1.29 is 0 Å². The van der Waals surface area contributed by atoms with Crippen LogP contribution < -0.4 is 10.6 Å². The molecule has 0 amide bonds. The summed E-state index contributed by atoms with van der Waals surface area (Å²) in [5, 5.41) is 6.61. The normalized spacial score (nSPS) is 14.8. The average molecular weight is 184 g/mol. The predicted molar refractivity (Wildman–Crippen MR) is 59.7 cm³/mol. The Bertz CT molecular complexity index is 150. The van der Waals surface area contributed by atoms with Gasteiger partial charge in [0.25, 0.3) is 0 Å². The van der Waals surface area contributed by atoms with E-state index in [1.54, 1.807) is 0 Å². The molecule has 0 aromatic heterocycles. The molecule has 2 N–H and O–H groups in total. The summed E-state index contributed by atoms with van der Waals surface area (Å²) in [5.74, 6) is 0.713. The molecule has 0 saturated carbocycles. The van der Waals surface area contributed by atoms with Gasteiger partial charge in [0, 0.05) is 18.3 Å². The van der Waals surface area contributed by atoms with Crippen LogP contribution in [0.4, 0.5) is 0 Å². The van der Waals surface area contributed by atoms with Crippen molar-refractivity contribution in [1.29, 1.82) is 0 Å². The number of hydrogen-bond acceptors (Lipinski definition) is 2. The van der Waals surface area contributed by atoms with Crippen molar-refractivity contribution in [2.24, 2.45) is 5.92 Å². The van der Waals surface area contributed by atoms with Crippen molar-refractivity contribution in [3.8, 4) is 0 Å². The van der Waals surface area contributed by atoms with Gasteiger partial charge in [0.1, 0.15) is 0 Å². The first kappa shape index (κ1) is 12.5. The largest absolute Gasteiger partial charge is 0.389 e. The van der Waals surface area contributed by atoms with Crippen molar-refractivity contribution >= 4 is 0 Å². The van der Waals surface area contributed by atoms with Crippen molar-refractivity contribution in [1.82, 2.24) is 10.6 Å². The van der Waals surface area contributed by atoms with Gasteiger partial charge in [0.15, 0.2) is 0 Å². The summed E-state index contributed by atoms with van der Waals surface area (Å²) in [7, 11) is 2.00. The molecule has 0 aliphatic carbocycles. The Kier molecular flexibility index (Phi) is 6.69. The second kappa shape index (κ2) is 6.96. The van der Waals surface area contributed by atoms with Gasteiger partial charge in [0.05, 0.1) is 0 Å².